The first-order valence-corrected chi connectivity index (χ1v) is 12.0. The number of amides is 1. The lowest BCUT2D eigenvalue weighted by atomic mass is 9.98. The van der Waals surface area contributed by atoms with Gasteiger partial charge in [0.05, 0.1) is 4.91 Å². The molecule has 0 N–H and O–H groups in total. The number of piperazine rings is 1. The van der Waals surface area contributed by atoms with Crippen LogP contribution in [0.4, 0.5) is 0 Å². The second-order valence-corrected chi connectivity index (χ2v) is 10.3. The Morgan fingerprint density at radius 2 is 1.57 bits per heavy atom. The molecule has 0 bridgehead atoms. The van der Waals surface area contributed by atoms with Crippen LogP contribution in [0.2, 0.25) is 0 Å². The van der Waals surface area contributed by atoms with Crippen molar-refractivity contribution in [3.05, 3.63) is 75.7 Å². The maximum absolute atomic E-state index is 13.2. The SMILES string of the molecule is CC(C)c1ccc(C(=O)N2CCN(S(=O)(=O)C3=Cc4ccccc4CC3)CC2)cc1. The third kappa shape index (κ3) is 4.07. The lowest BCUT2D eigenvalue weighted by Crippen LogP contribution is -2.50. The molecule has 1 amide bonds. The van der Waals surface area contributed by atoms with Gasteiger partial charge in [-0.15, -0.1) is 0 Å². The van der Waals surface area contributed by atoms with Crippen molar-refractivity contribution in [3.8, 4) is 0 Å². The molecule has 6 heteroatoms. The Balaban J connectivity index is 1.43. The van der Waals surface area contributed by atoms with Gasteiger partial charge >= 0.3 is 0 Å². The first-order chi connectivity index (χ1) is 14.4. The van der Waals surface area contributed by atoms with Crippen molar-refractivity contribution >= 4 is 22.0 Å². The highest BCUT2D eigenvalue weighted by Gasteiger charge is 2.32. The number of rotatable bonds is 4. The molecule has 0 spiro atoms. The Kier molecular flexibility index (Phi) is 5.80. The van der Waals surface area contributed by atoms with Gasteiger partial charge < -0.3 is 4.90 Å². The van der Waals surface area contributed by atoms with E-state index in [0.717, 1.165) is 12.0 Å². The lowest BCUT2D eigenvalue weighted by Gasteiger charge is -2.35. The van der Waals surface area contributed by atoms with Gasteiger partial charge in [-0.2, -0.15) is 4.31 Å². The van der Waals surface area contributed by atoms with Crippen molar-refractivity contribution < 1.29 is 13.2 Å². The van der Waals surface area contributed by atoms with Gasteiger partial charge in [0.1, 0.15) is 0 Å². The molecule has 2 aromatic rings. The molecule has 1 aliphatic heterocycles. The second-order valence-electron chi connectivity index (χ2n) is 8.28. The molecule has 0 radical (unpaired) electrons. The number of fused-ring (bicyclic) bond motifs is 1. The summed E-state index contributed by atoms with van der Waals surface area (Å²) in [6.45, 7) is 5.73. The van der Waals surface area contributed by atoms with Gasteiger partial charge in [-0.05, 0) is 53.7 Å². The number of hydrogen-bond donors (Lipinski definition) is 0. The molecule has 5 nitrogen and oxygen atoms in total. The Morgan fingerprint density at radius 1 is 0.900 bits per heavy atom. The molecule has 158 valence electrons. The quantitative estimate of drug-likeness (QED) is 0.748. The highest BCUT2D eigenvalue weighted by Crippen LogP contribution is 2.29. The van der Waals surface area contributed by atoms with Crippen LogP contribution >= 0.6 is 0 Å². The van der Waals surface area contributed by atoms with Crippen LogP contribution in [0.1, 0.15) is 53.2 Å². The highest BCUT2D eigenvalue weighted by molar-refractivity contribution is 7.93. The number of aryl methyl sites for hydroxylation is 1. The van der Waals surface area contributed by atoms with Crippen molar-refractivity contribution in [2.24, 2.45) is 0 Å². The van der Waals surface area contributed by atoms with E-state index < -0.39 is 10.0 Å². The standard InChI is InChI=1S/C24H28N2O3S/c1-18(2)19-7-9-21(10-8-19)24(27)25-13-15-26(16-14-25)30(28,29)23-12-11-20-5-3-4-6-22(20)17-23/h3-10,17-18H,11-16H2,1-2H3. The third-order valence-corrected chi connectivity index (χ3v) is 8.06. The van der Waals surface area contributed by atoms with Crippen LogP contribution in [0.3, 0.4) is 0 Å². The van der Waals surface area contributed by atoms with Gasteiger partial charge in [0.15, 0.2) is 0 Å². The van der Waals surface area contributed by atoms with Crippen LogP contribution < -0.4 is 0 Å². The Labute approximate surface area is 179 Å². The molecular formula is C24H28N2O3S. The van der Waals surface area contributed by atoms with Crippen LogP contribution in [0.15, 0.2) is 53.4 Å². The van der Waals surface area contributed by atoms with E-state index in [1.807, 2.05) is 54.6 Å². The molecule has 1 heterocycles. The van der Waals surface area contributed by atoms with Crippen LogP contribution in [0.5, 0.6) is 0 Å². The lowest BCUT2D eigenvalue weighted by molar-refractivity contribution is 0.0698. The predicted octanol–water partition coefficient (Wildman–Crippen LogP) is 3.88. The first kappa shape index (κ1) is 20.8. The third-order valence-electron chi connectivity index (χ3n) is 6.03. The number of allylic oxidation sites excluding steroid dienone is 1. The van der Waals surface area contributed by atoms with E-state index >= 15 is 0 Å². The Bertz CT molecular complexity index is 1060. The molecule has 30 heavy (non-hydrogen) atoms. The average Bonchev–Trinajstić information content (AvgIpc) is 2.78. The summed E-state index contributed by atoms with van der Waals surface area (Å²) in [6, 6.07) is 15.6. The van der Waals surface area contributed by atoms with E-state index in [2.05, 4.69) is 13.8 Å². The van der Waals surface area contributed by atoms with E-state index in [4.69, 9.17) is 0 Å². The normalized spacial score (nSPS) is 17.6. The number of sulfonamides is 1. The maximum atomic E-state index is 13.2. The molecule has 0 aromatic heterocycles. The molecule has 4 rings (SSSR count). The Hall–Kier alpha value is -2.44. The largest absolute Gasteiger partial charge is 0.336 e. The number of carbonyl (C=O) groups is 1. The van der Waals surface area contributed by atoms with Crippen molar-refractivity contribution in [1.29, 1.82) is 0 Å². The number of carbonyl (C=O) groups excluding carboxylic acids is 1. The van der Waals surface area contributed by atoms with E-state index in [1.54, 1.807) is 4.90 Å². The highest BCUT2D eigenvalue weighted by atomic mass is 32.2. The fourth-order valence-corrected chi connectivity index (χ4v) is 5.71. The zero-order chi connectivity index (χ0) is 21.3. The van der Waals surface area contributed by atoms with Crippen LogP contribution in [-0.4, -0.2) is 49.7 Å². The molecule has 0 unspecified atom stereocenters. The van der Waals surface area contributed by atoms with Gasteiger partial charge in [-0.1, -0.05) is 50.2 Å². The fourth-order valence-electron chi connectivity index (χ4n) is 4.10. The number of hydrogen-bond acceptors (Lipinski definition) is 3. The summed E-state index contributed by atoms with van der Waals surface area (Å²) in [5.74, 6) is 0.386. The number of benzene rings is 2. The number of nitrogens with zero attached hydrogens (tertiary/aromatic N) is 2. The van der Waals surface area contributed by atoms with E-state index in [-0.39, 0.29) is 5.91 Å². The summed E-state index contributed by atoms with van der Waals surface area (Å²) < 4.78 is 27.8. The predicted molar refractivity (Wildman–Crippen MR) is 120 cm³/mol. The van der Waals surface area contributed by atoms with E-state index in [9.17, 15) is 13.2 Å². The van der Waals surface area contributed by atoms with Crippen molar-refractivity contribution in [2.75, 3.05) is 26.2 Å². The topological polar surface area (TPSA) is 57.7 Å². The van der Waals surface area contributed by atoms with Crippen LogP contribution in [0.25, 0.3) is 6.08 Å². The minimum atomic E-state index is -3.50. The van der Waals surface area contributed by atoms with Crippen molar-refractivity contribution in [1.82, 2.24) is 9.21 Å². The minimum absolute atomic E-state index is 0.0341. The van der Waals surface area contributed by atoms with Gasteiger partial charge in [-0.25, -0.2) is 8.42 Å². The second kappa shape index (κ2) is 8.36. The van der Waals surface area contributed by atoms with Gasteiger partial charge in [-0.3, -0.25) is 4.79 Å². The average molecular weight is 425 g/mol. The van der Waals surface area contributed by atoms with E-state index in [1.165, 1.54) is 15.4 Å². The first-order valence-electron chi connectivity index (χ1n) is 10.5. The zero-order valence-electron chi connectivity index (χ0n) is 17.5. The van der Waals surface area contributed by atoms with Crippen molar-refractivity contribution in [3.63, 3.8) is 0 Å². The smallest absolute Gasteiger partial charge is 0.253 e. The summed E-state index contributed by atoms with van der Waals surface area (Å²) in [5.41, 5.74) is 4.03. The summed E-state index contributed by atoms with van der Waals surface area (Å²) in [7, 11) is -3.50. The molecule has 0 atom stereocenters. The molecular weight excluding hydrogens is 396 g/mol. The minimum Gasteiger partial charge on any atom is -0.336 e. The van der Waals surface area contributed by atoms with Crippen LogP contribution in [0, 0.1) is 0 Å². The molecule has 2 aliphatic rings. The zero-order valence-corrected chi connectivity index (χ0v) is 18.4. The molecule has 1 aliphatic carbocycles. The van der Waals surface area contributed by atoms with Crippen molar-refractivity contribution in [2.45, 2.75) is 32.6 Å². The van der Waals surface area contributed by atoms with E-state index in [0.29, 0.717) is 49.0 Å². The van der Waals surface area contributed by atoms with Gasteiger partial charge in [0.25, 0.3) is 5.91 Å². The fraction of sp³-hybridized carbons (Fsp3) is 0.375. The monoisotopic (exact) mass is 424 g/mol. The molecule has 1 fully saturated rings. The van der Waals surface area contributed by atoms with Gasteiger partial charge in [0, 0.05) is 31.7 Å². The molecule has 1 saturated heterocycles. The summed E-state index contributed by atoms with van der Waals surface area (Å²) >= 11 is 0. The summed E-state index contributed by atoms with van der Waals surface area (Å²) in [5, 5.41) is 0. The molecule has 0 saturated carbocycles. The van der Waals surface area contributed by atoms with Gasteiger partial charge in [0.2, 0.25) is 10.0 Å². The summed E-state index contributed by atoms with van der Waals surface area (Å²) in [6.07, 6.45) is 3.08. The molecule has 2 aromatic carbocycles. The Morgan fingerprint density at radius 3 is 2.23 bits per heavy atom. The maximum Gasteiger partial charge on any atom is 0.253 e. The van der Waals surface area contributed by atoms with Crippen LogP contribution in [-0.2, 0) is 16.4 Å². The summed E-state index contributed by atoms with van der Waals surface area (Å²) in [4.78, 5) is 15.1.